The highest BCUT2D eigenvalue weighted by molar-refractivity contribution is 5.82. The molecule has 84 valence electrons. The third-order valence-electron chi connectivity index (χ3n) is 2.57. The van der Waals surface area contributed by atoms with Crippen LogP contribution in [0.2, 0.25) is 0 Å². The third kappa shape index (κ3) is 1.52. The molecule has 1 aromatic carbocycles. The van der Waals surface area contributed by atoms with E-state index in [1.54, 1.807) is 6.33 Å². The zero-order valence-corrected chi connectivity index (χ0v) is 9.33. The fourth-order valence-corrected chi connectivity index (χ4v) is 1.81. The highest BCUT2D eigenvalue weighted by atomic mass is 15.1. The minimum absolute atomic E-state index is 0.419. The van der Waals surface area contributed by atoms with E-state index in [1.807, 2.05) is 41.8 Å². The monoisotopic (exact) mass is 225 g/mol. The number of aromatic nitrogens is 4. The van der Waals surface area contributed by atoms with Crippen LogP contribution < -0.4 is 5.73 Å². The van der Waals surface area contributed by atoms with Gasteiger partial charge < -0.3 is 5.73 Å². The predicted octanol–water partition coefficient (Wildman–Crippen LogP) is 1.71. The summed E-state index contributed by atoms with van der Waals surface area (Å²) in [6, 6.07) is 9.90. The Balaban J connectivity index is 2.32. The van der Waals surface area contributed by atoms with Crippen LogP contribution in [0.5, 0.6) is 0 Å². The van der Waals surface area contributed by atoms with Crippen molar-refractivity contribution in [2.24, 2.45) is 0 Å². The molecule has 2 N–H and O–H groups in total. The van der Waals surface area contributed by atoms with Crippen LogP contribution >= 0.6 is 0 Å². The molecule has 5 nitrogen and oxygen atoms in total. The first kappa shape index (κ1) is 9.77. The van der Waals surface area contributed by atoms with Crippen LogP contribution in [-0.2, 0) is 0 Å². The van der Waals surface area contributed by atoms with Gasteiger partial charge in [0.2, 0.25) is 0 Å². The van der Waals surface area contributed by atoms with E-state index in [4.69, 9.17) is 5.73 Å². The largest absolute Gasteiger partial charge is 0.382 e. The van der Waals surface area contributed by atoms with Crippen molar-refractivity contribution >= 4 is 17.0 Å². The van der Waals surface area contributed by atoms with Crippen molar-refractivity contribution < 1.29 is 0 Å². The number of hydrogen-bond donors (Lipinski definition) is 1. The van der Waals surface area contributed by atoms with Crippen LogP contribution in [-0.4, -0.2) is 19.5 Å². The second-order valence-electron chi connectivity index (χ2n) is 3.78. The number of nitrogens with zero attached hydrogens (tertiary/aromatic N) is 4. The lowest BCUT2D eigenvalue weighted by Gasteiger charge is -2.03. The number of nitrogen functional groups attached to an aromatic ring is 1. The second kappa shape index (κ2) is 3.55. The normalized spacial score (nSPS) is 10.9. The third-order valence-corrected chi connectivity index (χ3v) is 2.57. The highest BCUT2D eigenvalue weighted by Crippen LogP contribution is 2.19. The molecule has 0 aliphatic heterocycles. The maximum absolute atomic E-state index is 5.82. The molecule has 2 aromatic heterocycles. The van der Waals surface area contributed by atoms with Crippen molar-refractivity contribution in [1.29, 1.82) is 0 Å². The van der Waals surface area contributed by atoms with E-state index in [0.29, 0.717) is 17.2 Å². The Bertz CT molecular complexity index is 672. The number of imidazole rings is 1. The molecule has 0 bridgehead atoms. The smallest absolute Gasteiger partial charge is 0.170 e. The van der Waals surface area contributed by atoms with E-state index in [0.717, 1.165) is 11.3 Å². The van der Waals surface area contributed by atoms with Gasteiger partial charge >= 0.3 is 0 Å². The van der Waals surface area contributed by atoms with Gasteiger partial charge in [-0.3, -0.25) is 4.57 Å². The number of anilines is 1. The van der Waals surface area contributed by atoms with Crippen molar-refractivity contribution in [2.75, 3.05) is 5.73 Å². The molecule has 0 atom stereocenters. The molecule has 0 radical (unpaired) electrons. The molecule has 17 heavy (non-hydrogen) atoms. The molecule has 3 rings (SSSR count). The first-order valence-corrected chi connectivity index (χ1v) is 5.28. The molecule has 5 heteroatoms. The summed E-state index contributed by atoms with van der Waals surface area (Å²) >= 11 is 0. The number of rotatable bonds is 1. The van der Waals surface area contributed by atoms with Crippen molar-refractivity contribution in [2.45, 2.75) is 6.92 Å². The topological polar surface area (TPSA) is 69.6 Å². The molecular weight excluding hydrogens is 214 g/mol. The van der Waals surface area contributed by atoms with E-state index < -0.39 is 0 Å². The van der Waals surface area contributed by atoms with Crippen molar-refractivity contribution in [1.82, 2.24) is 19.5 Å². The molecular formula is C12H11N5. The van der Waals surface area contributed by atoms with Gasteiger partial charge in [0.1, 0.15) is 12.2 Å². The van der Waals surface area contributed by atoms with Crippen LogP contribution in [0, 0.1) is 6.92 Å². The summed E-state index contributed by atoms with van der Waals surface area (Å²) in [5.41, 5.74) is 8.20. The summed E-state index contributed by atoms with van der Waals surface area (Å²) in [6.07, 6.45) is 1.71. The van der Waals surface area contributed by atoms with Crippen molar-refractivity contribution in [3.63, 3.8) is 0 Å². The Morgan fingerprint density at radius 2 is 1.88 bits per heavy atom. The zero-order chi connectivity index (χ0) is 11.8. The van der Waals surface area contributed by atoms with E-state index in [2.05, 4.69) is 15.0 Å². The van der Waals surface area contributed by atoms with Gasteiger partial charge in [-0.2, -0.15) is 0 Å². The van der Waals surface area contributed by atoms with E-state index >= 15 is 0 Å². The molecule has 0 saturated heterocycles. The summed E-state index contributed by atoms with van der Waals surface area (Å²) in [7, 11) is 0. The Hall–Kier alpha value is -2.43. The summed E-state index contributed by atoms with van der Waals surface area (Å²) in [4.78, 5) is 12.7. The van der Waals surface area contributed by atoms with E-state index in [-0.39, 0.29) is 0 Å². The second-order valence-corrected chi connectivity index (χ2v) is 3.78. The Morgan fingerprint density at radius 3 is 2.65 bits per heavy atom. The van der Waals surface area contributed by atoms with Gasteiger partial charge in [0, 0.05) is 5.69 Å². The molecule has 0 saturated carbocycles. The fraction of sp³-hybridized carbons (Fsp3) is 0.0833. The first-order valence-electron chi connectivity index (χ1n) is 5.28. The number of aryl methyl sites for hydroxylation is 1. The van der Waals surface area contributed by atoms with Crippen molar-refractivity contribution in [3.05, 3.63) is 42.5 Å². The number of benzene rings is 1. The van der Waals surface area contributed by atoms with Crippen LogP contribution in [0.3, 0.4) is 0 Å². The molecule has 0 spiro atoms. The molecule has 0 fully saturated rings. The van der Waals surface area contributed by atoms with Gasteiger partial charge in [0.05, 0.1) is 0 Å². The SMILES string of the molecule is Cc1nc(N)c2ncn(-c3ccccc3)c2n1. The molecule has 2 heterocycles. The fourth-order valence-electron chi connectivity index (χ4n) is 1.81. The standard InChI is InChI=1S/C12H11N5/c1-8-15-11(13)10-12(16-8)17(7-14-10)9-5-3-2-4-6-9/h2-7H,1H3,(H2,13,15,16). The minimum Gasteiger partial charge on any atom is -0.382 e. The maximum atomic E-state index is 5.82. The predicted molar refractivity (Wildman–Crippen MR) is 65.8 cm³/mol. The lowest BCUT2D eigenvalue weighted by atomic mass is 10.3. The van der Waals surface area contributed by atoms with Gasteiger partial charge in [-0.25, -0.2) is 15.0 Å². The van der Waals surface area contributed by atoms with Gasteiger partial charge in [0.25, 0.3) is 0 Å². The number of nitrogens with two attached hydrogens (primary N) is 1. The maximum Gasteiger partial charge on any atom is 0.170 e. The first-order chi connectivity index (χ1) is 8.25. The highest BCUT2D eigenvalue weighted by Gasteiger charge is 2.10. The van der Waals surface area contributed by atoms with E-state index in [1.165, 1.54) is 0 Å². The Labute approximate surface area is 98.0 Å². The van der Waals surface area contributed by atoms with E-state index in [9.17, 15) is 0 Å². The lowest BCUT2D eigenvalue weighted by Crippen LogP contribution is -1.99. The van der Waals surface area contributed by atoms with Crippen molar-refractivity contribution in [3.8, 4) is 5.69 Å². The quantitative estimate of drug-likeness (QED) is 0.684. The van der Waals surface area contributed by atoms with Crippen LogP contribution in [0.15, 0.2) is 36.7 Å². The number of para-hydroxylation sites is 1. The number of hydrogen-bond acceptors (Lipinski definition) is 4. The lowest BCUT2D eigenvalue weighted by molar-refractivity contribution is 1.03. The van der Waals surface area contributed by atoms with Crippen LogP contribution in [0.4, 0.5) is 5.82 Å². The number of fused-ring (bicyclic) bond motifs is 1. The molecule has 0 unspecified atom stereocenters. The average Bonchev–Trinajstić information content (AvgIpc) is 2.74. The summed E-state index contributed by atoms with van der Waals surface area (Å²) in [6.45, 7) is 1.82. The zero-order valence-electron chi connectivity index (χ0n) is 9.33. The van der Waals surface area contributed by atoms with Gasteiger partial charge in [-0.15, -0.1) is 0 Å². The molecule has 3 aromatic rings. The van der Waals surface area contributed by atoms with Crippen LogP contribution in [0.25, 0.3) is 16.9 Å². The van der Waals surface area contributed by atoms with Gasteiger partial charge in [-0.1, -0.05) is 18.2 Å². The Kier molecular flexibility index (Phi) is 2.04. The van der Waals surface area contributed by atoms with Gasteiger partial charge in [0.15, 0.2) is 17.0 Å². The summed E-state index contributed by atoms with van der Waals surface area (Å²) in [5.74, 6) is 1.06. The summed E-state index contributed by atoms with van der Waals surface area (Å²) in [5, 5.41) is 0. The summed E-state index contributed by atoms with van der Waals surface area (Å²) < 4.78 is 1.90. The molecule has 0 aliphatic rings. The van der Waals surface area contributed by atoms with Gasteiger partial charge in [-0.05, 0) is 19.1 Å². The van der Waals surface area contributed by atoms with Crippen LogP contribution in [0.1, 0.15) is 5.82 Å². The molecule has 0 aliphatic carbocycles. The molecule has 0 amide bonds. The minimum atomic E-state index is 0.419. The Morgan fingerprint density at radius 1 is 1.12 bits per heavy atom. The average molecular weight is 225 g/mol.